The lowest BCUT2D eigenvalue weighted by Gasteiger charge is -2.05. The van der Waals surface area contributed by atoms with Crippen molar-refractivity contribution < 1.29 is 14.0 Å². The number of fused-ring (bicyclic) bond motifs is 1. The number of nitrogen functional groups attached to an aromatic ring is 1. The number of aromatic nitrogens is 1. The summed E-state index contributed by atoms with van der Waals surface area (Å²) < 4.78 is 15.6. The molecule has 1 aliphatic rings. The van der Waals surface area contributed by atoms with Gasteiger partial charge in [-0.1, -0.05) is 5.16 Å². The lowest BCUT2D eigenvalue weighted by atomic mass is 10.0. The highest BCUT2D eigenvalue weighted by Crippen LogP contribution is 2.43. The summed E-state index contributed by atoms with van der Waals surface area (Å²) in [7, 11) is 0. The summed E-state index contributed by atoms with van der Waals surface area (Å²) in [6.45, 7) is 2.21. The first-order valence-corrected chi connectivity index (χ1v) is 4.86. The second kappa shape index (κ2) is 3.16. The van der Waals surface area contributed by atoms with Gasteiger partial charge in [-0.3, -0.25) is 0 Å². The molecule has 1 aromatic carbocycles. The van der Waals surface area contributed by atoms with Crippen LogP contribution in [0.2, 0.25) is 0 Å². The highest BCUT2D eigenvalue weighted by molar-refractivity contribution is 5.80. The maximum absolute atomic E-state index is 5.69. The third-order valence-corrected chi connectivity index (χ3v) is 2.51. The van der Waals surface area contributed by atoms with E-state index in [0.717, 1.165) is 22.4 Å². The van der Waals surface area contributed by atoms with Gasteiger partial charge in [0.1, 0.15) is 0 Å². The number of nitrogens with zero attached hydrogens (tertiary/aromatic N) is 1. The van der Waals surface area contributed by atoms with Gasteiger partial charge in [0, 0.05) is 5.56 Å². The first-order chi connectivity index (χ1) is 7.75. The van der Waals surface area contributed by atoms with E-state index in [1.165, 1.54) is 0 Å². The minimum absolute atomic E-state index is 0.233. The summed E-state index contributed by atoms with van der Waals surface area (Å²) in [5.74, 6) is 1.71. The van der Waals surface area contributed by atoms with Crippen LogP contribution < -0.4 is 15.2 Å². The maximum Gasteiger partial charge on any atom is 0.231 e. The molecule has 2 heterocycles. The van der Waals surface area contributed by atoms with Gasteiger partial charge in [-0.05, 0) is 24.6 Å². The average Bonchev–Trinajstić information content (AvgIpc) is 2.84. The summed E-state index contributed by atoms with van der Waals surface area (Å²) in [4.78, 5) is 0. The van der Waals surface area contributed by atoms with Crippen LogP contribution in [0.3, 0.4) is 0 Å². The van der Waals surface area contributed by atoms with Gasteiger partial charge in [-0.25, -0.2) is 0 Å². The summed E-state index contributed by atoms with van der Waals surface area (Å²) in [6, 6.07) is 3.89. The number of ether oxygens (including phenoxy) is 2. The van der Waals surface area contributed by atoms with Gasteiger partial charge >= 0.3 is 0 Å². The van der Waals surface area contributed by atoms with Crippen LogP contribution in [-0.2, 0) is 0 Å². The van der Waals surface area contributed by atoms with Crippen LogP contribution in [0.5, 0.6) is 11.5 Å². The van der Waals surface area contributed by atoms with Crippen LogP contribution in [-0.4, -0.2) is 11.9 Å². The Kier molecular flexibility index (Phi) is 1.80. The fourth-order valence-corrected chi connectivity index (χ4v) is 1.80. The van der Waals surface area contributed by atoms with E-state index in [9.17, 15) is 0 Å². The number of anilines is 1. The molecule has 1 aliphatic heterocycles. The van der Waals surface area contributed by atoms with Gasteiger partial charge in [-0.15, -0.1) is 0 Å². The predicted molar refractivity (Wildman–Crippen MR) is 57.2 cm³/mol. The second-order valence-electron chi connectivity index (χ2n) is 3.65. The zero-order chi connectivity index (χ0) is 11.1. The second-order valence-corrected chi connectivity index (χ2v) is 3.65. The Balaban J connectivity index is 2.25. The largest absolute Gasteiger partial charge is 0.454 e. The lowest BCUT2D eigenvalue weighted by Crippen LogP contribution is -1.93. The monoisotopic (exact) mass is 218 g/mol. The first kappa shape index (κ1) is 9.08. The van der Waals surface area contributed by atoms with E-state index in [1.54, 1.807) is 6.20 Å². The van der Waals surface area contributed by atoms with Gasteiger partial charge in [0.15, 0.2) is 11.5 Å². The number of rotatable bonds is 1. The van der Waals surface area contributed by atoms with Crippen LogP contribution in [0.1, 0.15) is 5.56 Å². The Morgan fingerprint density at radius 1 is 1.25 bits per heavy atom. The number of nitrogens with two attached hydrogens (primary N) is 1. The quantitative estimate of drug-likeness (QED) is 0.792. The maximum atomic E-state index is 5.69. The Bertz CT molecular complexity index is 548. The number of benzene rings is 1. The van der Waals surface area contributed by atoms with Gasteiger partial charge in [0.05, 0.1) is 11.8 Å². The minimum Gasteiger partial charge on any atom is -0.454 e. The molecule has 0 bridgehead atoms. The highest BCUT2D eigenvalue weighted by Gasteiger charge is 2.22. The molecular formula is C11H10N2O3. The molecule has 5 nitrogen and oxygen atoms in total. The zero-order valence-electron chi connectivity index (χ0n) is 8.69. The van der Waals surface area contributed by atoms with Crippen molar-refractivity contribution >= 4 is 5.88 Å². The van der Waals surface area contributed by atoms with Crippen molar-refractivity contribution in [3.8, 4) is 22.6 Å². The predicted octanol–water partition coefficient (Wildman–Crippen LogP) is 1.96. The molecule has 0 atom stereocenters. The molecule has 0 aliphatic carbocycles. The van der Waals surface area contributed by atoms with Gasteiger partial charge < -0.3 is 19.7 Å². The van der Waals surface area contributed by atoms with E-state index < -0.39 is 0 Å². The molecule has 0 fully saturated rings. The highest BCUT2D eigenvalue weighted by atomic mass is 16.7. The standard InChI is InChI=1S/C11H10N2O3/c1-6-2-7(8-4-13-16-11(8)12)10-9(3-6)14-5-15-10/h2-4H,5,12H2,1H3. The van der Waals surface area contributed by atoms with Crippen molar-refractivity contribution in [2.24, 2.45) is 0 Å². The van der Waals surface area contributed by atoms with Crippen molar-refractivity contribution in [2.75, 3.05) is 12.5 Å². The molecule has 0 radical (unpaired) electrons. The Hall–Kier alpha value is -2.17. The van der Waals surface area contributed by atoms with Crippen molar-refractivity contribution in [2.45, 2.75) is 6.92 Å². The van der Waals surface area contributed by atoms with Crippen LogP contribution >= 0.6 is 0 Å². The van der Waals surface area contributed by atoms with Crippen LogP contribution in [0.4, 0.5) is 5.88 Å². The Labute approximate surface area is 91.7 Å². The molecule has 1 aromatic heterocycles. The smallest absolute Gasteiger partial charge is 0.231 e. The number of aryl methyl sites for hydroxylation is 1. The molecular weight excluding hydrogens is 208 g/mol. The Morgan fingerprint density at radius 2 is 2.12 bits per heavy atom. The molecule has 0 unspecified atom stereocenters. The van der Waals surface area contributed by atoms with E-state index >= 15 is 0 Å². The van der Waals surface area contributed by atoms with Crippen molar-refractivity contribution in [3.63, 3.8) is 0 Å². The molecule has 0 spiro atoms. The molecule has 5 heteroatoms. The average molecular weight is 218 g/mol. The SMILES string of the molecule is Cc1cc2c(c(-c3cnoc3N)c1)OCO2. The lowest BCUT2D eigenvalue weighted by molar-refractivity contribution is 0.174. The molecule has 2 N–H and O–H groups in total. The van der Waals surface area contributed by atoms with Gasteiger partial charge in [0.25, 0.3) is 0 Å². The Morgan fingerprint density at radius 3 is 2.88 bits per heavy atom. The van der Waals surface area contributed by atoms with Gasteiger partial charge in [-0.2, -0.15) is 0 Å². The summed E-state index contributed by atoms with van der Waals surface area (Å²) >= 11 is 0. The van der Waals surface area contributed by atoms with Crippen LogP contribution in [0.15, 0.2) is 22.9 Å². The third-order valence-electron chi connectivity index (χ3n) is 2.51. The number of hydrogen-bond acceptors (Lipinski definition) is 5. The van der Waals surface area contributed by atoms with Crippen molar-refractivity contribution in [1.82, 2.24) is 5.16 Å². The summed E-state index contributed by atoms with van der Waals surface area (Å²) in [6.07, 6.45) is 1.58. The van der Waals surface area contributed by atoms with E-state index in [-0.39, 0.29) is 12.7 Å². The van der Waals surface area contributed by atoms with Crippen molar-refractivity contribution in [3.05, 3.63) is 23.9 Å². The minimum atomic E-state index is 0.233. The fraction of sp³-hybridized carbons (Fsp3) is 0.182. The number of hydrogen-bond donors (Lipinski definition) is 1. The van der Waals surface area contributed by atoms with Crippen LogP contribution in [0, 0.1) is 6.92 Å². The molecule has 0 amide bonds. The molecule has 16 heavy (non-hydrogen) atoms. The molecule has 0 saturated carbocycles. The van der Waals surface area contributed by atoms with Gasteiger partial charge in [0.2, 0.25) is 12.7 Å². The van der Waals surface area contributed by atoms with E-state index in [1.807, 2.05) is 19.1 Å². The molecule has 82 valence electrons. The normalized spacial score (nSPS) is 13.1. The first-order valence-electron chi connectivity index (χ1n) is 4.86. The van der Waals surface area contributed by atoms with E-state index in [0.29, 0.717) is 5.75 Å². The zero-order valence-corrected chi connectivity index (χ0v) is 8.69. The molecule has 0 saturated heterocycles. The molecule has 3 rings (SSSR count). The van der Waals surface area contributed by atoms with E-state index in [2.05, 4.69) is 5.16 Å². The topological polar surface area (TPSA) is 70.5 Å². The summed E-state index contributed by atoms with van der Waals surface area (Å²) in [5.41, 5.74) is 8.34. The van der Waals surface area contributed by atoms with Crippen LogP contribution in [0.25, 0.3) is 11.1 Å². The molecule has 2 aromatic rings. The summed E-state index contributed by atoms with van der Waals surface area (Å²) in [5, 5.41) is 3.66. The third kappa shape index (κ3) is 1.21. The fourth-order valence-electron chi connectivity index (χ4n) is 1.80. The van der Waals surface area contributed by atoms with Crippen molar-refractivity contribution in [1.29, 1.82) is 0 Å². The van der Waals surface area contributed by atoms with E-state index in [4.69, 9.17) is 19.7 Å².